The summed E-state index contributed by atoms with van der Waals surface area (Å²) in [4.78, 5) is 25.8. The molecule has 2 atom stereocenters. The Morgan fingerprint density at radius 1 is 1.33 bits per heavy atom. The molecule has 0 aliphatic carbocycles. The number of carbonyl (C=O) groups is 1. The normalized spacial score (nSPS) is 23.0. The van der Waals surface area contributed by atoms with Gasteiger partial charge in [0, 0.05) is 43.7 Å². The van der Waals surface area contributed by atoms with Crippen LogP contribution in [0.25, 0.3) is 10.9 Å². The van der Waals surface area contributed by atoms with Crippen molar-refractivity contribution >= 4 is 35.0 Å². The van der Waals surface area contributed by atoms with Gasteiger partial charge in [0.2, 0.25) is 5.43 Å². The van der Waals surface area contributed by atoms with Crippen molar-refractivity contribution in [3.63, 3.8) is 0 Å². The summed E-state index contributed by atoms with van der Waals surface area (Å²) in [6.07, 6.45) is -3.37. The van der Waals surface area contributed by atoms with E-state index in [0.29, 0.717) is 23.9 Å². The molecule has 1 aromatic heterocycles. The number of aromatic carboxylic acids is 1. The summed E-state index contributed by atoms with van der Waals surface area (Å²) in [6.45, 7) is 3.15. The number of carboxylic acid groups (broad SMARTS) is 1. The van der Waals surface area contributed by atoms with Crippen molar-refractivity contribution in [1.82, 2.24) is 4.57 Å². The third-order valence-electron chi connectivity index (χ3n) is 6.78. The molecule has 3 heterocycles. The Morgan fingerprint density at radius 2 is 2.00 bits per heavy atom. The van der Waals surface area contributed by atoms with E-state index in [0.717, 1.165) is 26.3 Å². The Hall–Kier alpha value is -2.37. The number of pyridine rings is 1. The van der Waals surface area contributed by atoms with Gasteiger partial charge in [0.15, 0.2) is 0 Å². The van der Waals surface area contributed by atoms with Gasteiger partial charge >= 0.3 is 12.1 Å². The Kier molecular flexibility index (Phi) is 6.23. The maximum absolute atomic E-state index is 15.1. The molecular formula is C21H24ClF4N3O4. The van der Waals surface area contributed by atoms with E-state index >= 15 is 4.39 Å². The van der Waals surface area contributed by atoms with E-state index in [2.05, 4.69) is 0 Å². The fraction of sp³-hybridized carbons (Fsp3) is 0.524. The standard InChI is InChI=1S/C21H23F4N3O4.ClH/c1-19(2,21(23,24)25)28-8-13(18(30)31)17(29)12-5-14(22)16(6-15(12)28)27-7-11-3-4-32-20(11,9-26)10-27;/h5-6,8,11H,3-4,7,9-10,26H2,1-2H3,(H,30,31);1H. The number of hydrogen-bond donors (Lipinski definition) is 2. The molecule has 1 aromatic carbocycles. The predicted molar refractivity (Wildman–Crippen MR) is 116 cm³/mol. The van der Waals surface area contributed by atoms with E-state index in [1.807, 2.05) is 0 Å². The molecule has 2 aliphatic heterocycles. The number of aromatic nitrogens is 1. The first-order chi connectivity index (χ1) is 14.8. The summed E-state index contributed by atoms with van der Waals surface area (Å²) < 4.78 is 63.2. The molecule has 0 amide bonds. The van der Waals surface area contributed by atoms with Gasteiger partial charge in [-0.25, -0.2) is 9.18 Å². The molecule has 7 nitrogen and oxygen atoms in total. The lowest BCUT2D eigenvalue weighted by Crippen LogP contribution is -2.44. The maximum Gasteiger partial charge on any atom is 0.411 e. The molecular weight excluding hydrogens is 470 g/mol. The van der Waals surface area contributed by atoms with Crippen LogP contribution in [0.4, 0.5) is 23.2 Å². The topological polar surface area (TPSA) is 97.8 Å². The number of nitrogens with zero attached hydrogens (tertiary/aromatic N) is 2. The van der Waals surface area contributed by atoms with Gasteiger partial charge < -0.3 is 25.0 Å². The minimum absolute atomic E-state index is 0. The average molecular weight is 494 g/mol. The fourth-order valence-corrected chi connectivity index (χ4v) is 4.67. The Labute approximate surface area is 192 Å². The zero-order valence-electron chi connectivity index (χ0n) is 17.9. The maximum atomic E-state index is 15.1. The highest BCUT2D eigenvalue weighted by molar-refractivity contribution is 5.93. The van der Waals surface area contributed by atoms with E-state index in [4.69, 9.17) is 10.5 Å². The van der Waals surface area contributed by atoms with Gasteiger partial charge in [-0.05, 0) is 32.4 Å². The quantitative estimate of drug-likeness (QED) is 0.635. The molecule has 4 rings (SSSR count). The van der Waals surface area contributed by atoms with Crippen LogP contribution in [0.15, 0.2) is 23.1 Å². The molecule has 0 saturated carbocycles. The van der Waals surface area contributed by atoms with Crippen LogP contribution in [0.3, 0.4) is 0 Å². The Morgan fingerprint density at radius 3 is 2.55 bits per heavy atom. The SMILES string of the molecule is CC(C)(n1cc(C(=O)O)c(=O)c2cc(F)c(N3CC4CCOC4(CN)C3)cc21)C(F)(F)F.Cl. The molecule has 182 valence electrons. The summed E-state index contributed by atoms with van der Waals surface area (Å²) in [5.74, 6) is -2.48. The van der Waals surface area contributed by atoms with Gasteiger partial charge in [-0.3, -0.25) is 4.79 Å². The highest BCUT2D eigenvalue weighted by Gasteiger charge is 2.51. The van der Waals surface area contributed by atoms with Crippen molar-refractivity contribution in [2.24, 2.45) is 11.7 Å². The zero-order chi connectivity index (χ0) is 23.6. The summed E-state index contributed by atoms with van der Waals surface area (Å²) in [7, 11) is 0. The first-order valence-corrected chi connectivity index (χ1v) is 10.1. The number of nitrogens with two attached hydrogens (primary N) is 1. The summed E-state index contributed by atoms with van der Waals surface area (Å²) in [6, 6.07) is 1.99. The lowest BCUT2D eigenvalue weighted by molar-refractivity contribution is -0.201. The second-order valence-electron chi connectivity index (χ2n) is 8.91. The smallest absolute Gasteiger partial charge is 0.411 e. The van der Waals surface area contributed by atoms with Crippen molar-refractivity contribution in [1.29, 1.82) is 0 Å². The van der Waals surface area contributed by atoms with Crippen molar-refractivity contribution in [2.75, 3.05) is 31.1 Å². The van der Waals surface area contributed by atoms with Gasteiger partial charge in [0.25, 0.3) is 0 Å². The molecule has 0 spiro atoms. The second kappa shape index (κ2) is 8.14. The number of fused-ring (bicyclic) bond motifs is 2. The van der Waals surface area contributed by atoms with Crippen LogP contribution < -0.4 is 16.1 Å². The second-order valence-corrected chi connectivity index (χ2v) is 8.91. The molecule has 2 aromatic rings. The number of anilines is 1. The highest BCUT2D eigenvalue weighted by atomic mass is 35.5. The molecule has 2 saturated heterocycles. The fourth-order valence-electron chi connectivity index (χ4n) is 4.67. The van der Waals surface area contributed by atoms with E-state index in [1.165, 1.54) is 6.07 Å². The first kappa shape index (κ1) is 25.3. The van der Waals surface area contributed by atoms with Crippen molar-refractivity contribution < 1.29 is 32.2 Å². The van der Waals surface area contributed by atoms with Crippen LogP contribution in [-0.2, 0) is 10.3 Å². The van der Waals surface area contributed by atoms with Gasteiger partial charge in [-0.15, -0.1) is 12.4 Å². The molecule has 3 N–H and O–H groups in total. The largest absolute Gasteiger partial charge is 0.477 e. The minimum atomic E-state index is -4.78. The minimum Gasteiger partial charge on any atom is -0.477 e. The van der Waals surface area contributed by atoms with Crippen LogP contribution in [0.2, 0.25) is 0 Å². The van der Waals surface area contributed by atoms with E-state index < -0.39 is 45.5 Å². The molecule has 0 bridgehead atoms. The van der Waals surface area contributed by atoms with Crippen LogP contribution in [-0.4, -0.2) is 53.7 Å². The van der Waals surface area contributed by atoms with E-state index in [1.54, 1.807) is 4.90 Å². The average Bonchev–Trinajstić information content (AvgIpc) is 3.24. The van der Waals surface area contributed by atoms with Crippen LogP contribution in [0, 0.1) is 11.7 Å². The molecule has 2 fully saturated rings. The predicted octanol–water partition coefficient (Wildman–Crippen LogP) is 3.11. The molecule has 0 radical (unpaired) electrons. The molecule has 2 unspecified atom stereocenters. The van der Waals surface area contributed by atoms with Gasteiger partial charge in [0.1, 0.15) is 22.5 Å². The Balaban J connectivity index is 0.00000306. The molecule has 33 heavy (non-hydrogen) atoms. The lowest BCUT2D eigenvalue weighted by Gasteiger charge is -2.33. The summed E-state index contributed by atoms with van der Waals surface area (Å²) in [5.41, 5.74) is 0.565. The zero-order valence-corrected chi connectivity index (χ0v) is 18.7. The molecule has 2 aliphatic rings. The third-order valence-corrected chi connectivity index (χ3v) is 6.78. The van der Waals surface area contributed by atoms with Gasteiger partial charge in [-0.1, -0.05) is 0 Å². The number of carboxylic acids is 1. The number of benzene rings is 1. The van der Waals surface area contributed by atoms with Gasteiger partial charge in [-0.2, -0.15) is 13.2 Å². The highest BCUT2D eigenvalue weighted by Crippen LogP contribution is 2.42. The summed E-state index contributed by atoms with van der Waals surface area (Å²) in [5, 5.41) is 8.90. The third kappa shape index (κ3) is 3.75. The number of ether oxygens (including phenoxy) is 1. The number of hydrogen-bond acceptors (Lipinski definition) is 5. The number of alkyl halides is 3. The number of rotatable bonds is 4. The van der Waals surface area contributed by atoms with Crippen molar-refractivity contribution in [3.8, 4) is 0 Å². The summed E-state index contributed by atoms with van der Waals surface area (Å²) >= 11 is 0. The van der Waals surface area contributed by atoms with Crippen molar-refractivity contribution in [2.45, 2.75) is 37.6 Å². The Bertz CT molecular complexity index is 1170. The first-order valence-electron chi connectivity index (χ1n) is 10.1. The van der Waals surface area contributed by atoms with Gasteiger partial charge in [0.05, 0.1) is 11.2 Å². The lowest BCUT2D eigenvalue weighted by atomic mass is 9.91. The number of halogens is 5. The monoisotopic (exact) mass is 493 g/mol. The van der Waals surface area contributed by atoms with Crippen molar-refractivity contribution in [3.05, 3.63) is 39.9 Å². The van der Waals surface area contributed by atoms with Crippen LogP contribution in [0.5, 0.6) is 0 Å². The molecule has 12 heteroatoms. The van der Waals surface area contributed by atoms with E-state index in [-0.39, 0.29) is 42.6 Å². The van der Waals surface area contributed by atoms with Crippen LogP contribution in [0.1, 0.15) is 30.6 Å². The van der Waals surface area contributed by atoms with Crippen LogP contribution >= 0.6 is 12.4 Å². The van der Waals surface area contributed by atoms with E-state index in [9.17, 15) is 27.9 Å².